The van der Waals surface area contributed by atoms with Crippen molar-refractivity contribution in [2.75, 3.05) is 25.0 Å². The molecule has 2 aromatic heterocycles. The number of carbonyl (C=O) groups is 4. The zero-order valence-corrected chi connectivity index (χ0v) is 33.7. The van der Waals surface area contributed by atoms with E-state index in [1.807, 2.05) is 35.8 Å². The minimum atomic E-state index is -5.08. The number of aryl methyl sites for hydroxylation is 2. The molecule has 1 saturated heterocycles. The van der Waals surface area contributed by atoms with Gasteiger partial charge in [0.15, 0.2) is 5.82 Å². The van der Waals surface area contributed by atoms with Crippen molar-refractivity contribution in [2.45, 2.75) is 52.3 Å². The van der Waals surface area contributed by atoms with Crippen LogP contribution in [0.4, 0.5) is 18.9 Å². The minimum absolute atomic E-state index is 0.0514. The van der Waals surface area contributed by atoms with E-state index >= 15 is 0 Å². The van der Waals surface area contributed by atoms with E-state index in [9.17, 15) is 41.1 Å². The molecule has 6 rings (SSSR count). The molecule has 0 saturated carbocycles. The van der Waals surface area contributed by atoms with Crippen LogP contribution in [0.3, 0.4) is 0 Å². The van der Waals surface area contributed by atoms with Gasteiger partial charge in [0, 0.05) is 51.3 Å². The number of benzene rings is 2. The Morgan fingerprint density at radius 1 is 1.05 bits per heavy atom. The number of aromatic nitrogens is 3. The number of carbonyl (C=O) groups excluding carboxylic acids is 2. The van der Waals surface area contributed by atoms with Gasteiger partial charge in [0.25, 0.3) is 0 Å². The molecule has 0 radical (unpaired) electrons. The number of fused-ring (bicyclic) bond motifs is 3. The van der Waals surface area contributed by atoms with Gasteiger partial charge in [-0.3, -0.25) is 19.1 Å². The number of rotatable bonds is 8. The molecule has 16 nitrogen and oxygen atoms in total. The van der Waals surface area contributed by atoms with E-state index < -0.39 is 47.0 Å². The Labute approximate surface area is 344 Å². The van der Waals surface area contributed by atoms with Crippen molar-refractivity contribution in [1.29, 1.82) is 0 Å². The highest BCUT2D eigenvalue weighted by molar-refractivity contribution is 7.84. The van der Waals surface area contributed by atoms with Crippen molar-refractivity contribution >= 4 is 68.4 Å². The number of hydrogen-bond donors (Lipinski definition) is 4. The fraction of sp³-hybridized carbons (Fsp3) is 0.324. The number of aromatic carboxylic acids is 1. The molecule has 4 aromatic rings. The second-order valence-electron chi connectivity index (χ2n) is 13.2. The number of nitrogens with one attached hydrogen (secondary N) is 1. The Balaban J connectivity index is 0.000000867. The summed E-state index contributed by atoms with van der Waals surface area (Å²) in [5.41, 5.74) is 3.93. The molecule has 1 atom stereocenters. The maximum atomic E-state index is 13.8. The molecule has 1 fully saturated rings. The number of halogens is 4. The van der Waals surface area contributed by atoms with E-state index in [0.717, 1.165) is 32.3 Å². The van der Waals surface area contributed by atoms with Crippen molar-refractivity contribution in [3.05, 3.63) is 91.8 Å². The first-order valence-corrected chi connectivity index (χ1v) is 20.1. The Bertz CT molecular complexity index is 2500. The molecule has 5 N–H and O–H groups in total. The van der Waals surface area contributed by atoms with Crippen LogP contribution >= 0.6 is 22.9 Å². The fourth-order valence-electron chi connectivity index (χ4n) is 6.22. The number of piperidine rings is 1. The lowest BCUT2D eigenvalue weighted by Gasteiger charge is -2.32. The van der Waals surface area contributed by atoms with Crippen LogP contribution in [0.15, 0.2) is 47.5 Å². The second-order valence-corrected chi connectivity index (χ2v) is 16.0. The molecule has 312 valence electrons. The molecule has 59 heavy (non-hydrogen) atoms. The zero-order chi connectivity index (χ0) is 43.4. The molecule has 0 bridgehead atoms. The highest BCUT2D eigenvalue weighted by atomic mass is 35.5. The summed E-state index contributed by atoms with van der Waals surface area (Å²) in [6.07, 6.45) is -4.20. The summed E-state index contributed by atoms with van der Waals surface area (Å²) >= 11 is 7.86. The standard InChI is InChI=1S/C35H34ClN7O7S2.C2HF3O2/c1-19-20(2)51-34-30(19)31(22-6-8-25(36)9-7-22)39-28(32-41-40-21(3)43(32)34)18-29(44)42-14-12-23(13-15-42)33(45)38-26-10-11-27(35(46)47)24(17-26)5-4-16-50-52(37,48)49;3-2(4,5)1(6)7/h6-11,17,23,28H,12-16,18H2,1-3H3,(H,38,45)(H,46,47)(H2,37,48,49);(H,6,7)/t28-;/m0./s1. The zero-order valence-electron chi connectivity index (χ0n) is 31.3. The van der Waals surface area contributed by atoms with Gasteiger partial charge in [-0.1, -0.05) is 35.6 Å². The van der Waals surface area contributed by atoms with Crippen molar-refractivity contribution in [3.8, 4) is 16.8 Å². The third-order valence-corrected chi connectivity index (χ3v) is 11.1. The number of aliphatic carboxylic acids is 1. The smallest absolute Gasteiger partial charge is 0.478 e. The van der Waals surface area contributed by atoms with Gasteiger partial charge in [-0.25, -0.2) is 18.9 Å². The van der Waals surface area contributed by atoms with Crippen molar-refractivity contribution < 1.29 is 55.2 Å². The van der Waals surface area contributed by atoms with Crippen LogP contribution in [0, 0.1) is 38.5 Å². The number of aliphatic imine (C=N–C) groups is 1. The molecule has 2 aliphatic rings. The summed E-state index contributed by atoms with van der Waals surface area (Å²) in [7, 11) is -4.21. The second kappa shape index (κ2) is 18.1. The van der Waals surface area contributed by atoms with Crippen LogP contribution in [0.1, 0.15) is 74.4 Å². The van der Waals surface area contributed by atoms with Crippen molar-refractivity contribution in [2.24, 2.45) is 16.0 Å². The first-order valence-electron chi connectivity index (χ1n) is 17.4. The van der Waals surface area contributed by atoms with Crippen LogP contribution in [0.2, 0.25) is 5.02 Å². The Morgan fingerprint density at radius 3 is 2.29 bits per heavy atom. The lowest BCUT2D eigenvalue weighted by molar-refractivity contribution is -0.192. The highest BCUT2D eigenvalue weighted by Gasteiger charge is 2.38. The first-order chi connectivity index (χ1) is 27.6. The van der Waals surface area contributed by atoms with Gasteiger partial charge in [-0.15, -0.1) is 21.5 Å². The predicted molar refractivity (Wildman–Crippen MR) is 209 cm³/mol. The number of hydrogen-bond acceptors (Lipinski definition) is 11. The highest BCUT2D eigenvalue weighted by Crippen LogP contribution is 2.40. The molecular weight excluding hydrogens is 843 g/mol. The number of thiophene rings is 1. The Kier molecular flexibility index (Phi) is 13.6. The van der Waals surface area contributed by atoms with Crippen molar-refractivity contribution in [1.82, 2.24) is 19.7 Å². The van der Waals surface area contributed by atoms with E-state index in [-0.39, 0.29) is 29.4 Å². The van der Waals surface area contributed by atoms with E-state index in [4.69, 9.17) is 31.6 Å². The van der Waals surface area contributed by atoms with Crippen LogP contribution in [-0.4, -0.2) is 93.6 Å². The maximum absolute atomic E-state index is 13.8. The number of alkyl halides is 3. The van der Waals surface area contributed by atoms with Gasteiger partial charge in [0.1, 0.15) is 23.5 Å². The van der Waals surface area contributed by atoms with E-state index in [1.54, 1.807) is 16.2 Å². The molecule has 2 aliphatic heterocycles. The number of carboxylic acids is 2. The SMILES string of the molecule is Cc1sc2c(c1C)C(c1ccc(Cl)cc1)=N[C@@H](CC(=O)N1CCC(C(=O)Nc3ccc(C(=O)O)c(C#CCOS(N)(=O)=O)c3)CC1)c1nnc(C)n1-2.O=C(O)C(F)(F)F. The normalized spacial score (nSPS) is 15.3. The molecule has 0 spiro atoms. The molecule has 22 heteroatoms. The monoisotopic (exact) mass is 877 g/mol. The molecule has 2 amide bonds. The molecule has 2 aromatic carbocycles. The third kappa shape index (κ3) is 10.9. The first kappa shape index (κ1) is 44.4. The summed E-state index contributed by atoms with van der Waals surface area (Å²) in [6.45, 7) is 6.15. The summed E-state index contributed by atoms with van der Waals surface area (Å²) in [5.74, 6) is 1.43. The van der Waals surface area contributed by atoms with Crippen molar-refractivity contribution in [3.63, 3.8) is 0 Å². The summed E-state index contributed by atoms with van der Waals surface area (Å²) in [4.78, 5) is 55.8. The van der Waals surface area contributed by atoms with E-state index in [0.29, 0.717) is 48.3 Å². The van der Waals surface area contributed by atoms with Gasteiger partial charge >= 0.3 is 28.4 Å². The molecule has 0 unspecified atom stereocenters. The lowest BCUT2D eigenvalue weighted by atomic mass is 9.95. The number of carboxylic acid groups (broad SMARTS) is 2. The van der Waals surface area contributed by atoms with E-state index in [1.165, 1.54) is 18.2 Å². The Hall–Kier alpha value is -5.66. The topological polar surface area (TPSA) is 236 Å². The average molecular weight is 878 g/mol. The third-order valence-electron chi connectivity index (χ3n) is 9.22. The lowest BCUT2D eigenvalue weighted by Crippen LogP contribution is -2.41. The van der Waals surface area contributed by atoms with Gasteiger partial charge in [-0.05, 0) is 69.5 Å². The summed E-state index contributed by atoms with van der Waals surface area (Å²) in [5, 5.41) is 34.7. The summed E-state index contributed by atoms with van der Waals surface area (Å²) < 4.78 is 60.1. The van der Waals surface area contributed by atoms with Crippen LogP contribution in [0.25, 0.3) is 5.00 Å². The Morgan fingerprint density at radius 2 is 1.69 bits per heavy atom. The number of nitrogens with zero attached hydrogens (tertiary/aromatic N) is 5. The number of nitrogens with two attached hydrogens (primary N) is 1. The molecule has 0 aliphatic carbocycles. The fourth-order valence-corrected chi connectivity index (χ4v) is 7.78. The van der Waals surface area contributed by atoms with E-state index in [2.05, 4.69) is 45.4 Å². The van der Waals surface area contributed by atoms with Crippen LogP contribution in [-0.2, 0) is 28.9 Å². The minimum Gasteiger partial charge on any atom is -0.478 e. The number of amides is 2. The van der Waals surface area contributed by atoms with Crippen LogP contribution in [0.5, 0.6) is 0 Å². The molecular formula is C37H35ClF3N7O9S2. The van der Waals surface area contributed by atoms with Gasteiger partial charge in [-0.2, -0.15) is 21.6 Å². The number of likely N-dealkylation sites (tertiary alicyclic amines) is 1. The van der Waals surface area contributed by atoms with Gasteiger partial charge < -0.3 is 20.4 Å². The summed E-state index contributed by atoms with van der Waals surface area (Å²) in [6, 6.07) is 11.0. The maximum Gasteiger partial charge on any atom is 0.490 e. The largest absolute Gasteiger partial charge is 0.490 e. The quantitative estimate of drug-likeness (QED) is 0.173. The predicted octanol–water partition coefficient (Wildman–Crippen LogP) is 4.97. The average Bonchev–Trinajstić information content (AvgIpc) is 3.64. The van der Waals surface area contributed by atoms with Gasteiger partial charge in [0.05, 0.1) is 17.7 Å². The van der Waals surface area contributed by atoms with Crippen LogP contribution < -0.4 is 10.5 Å². The number of anilines is 1. The molecule has 4 heterocycles. The van der Waals surface area contributed by atoms with Gasteiger partial charge in [0.2, 0.25) is 11.8 Å².